The molecular weight excluding hydrogens is 182 g/mol. The van der Waals surface area contributed by atoms with Gasteiger partial charge in [0.25, 0.3) is 0 Å². The van der Waals surface area contributed by atoms with Gasteiger partial charge < -0.3 is 5.32 Å². The Morgan fingerprint density at radius 3 is 2.47 bits per heavy atom. The van der Waals surface area contributed by atoms with E-state index in [1.165, 1.54) is 57.8 Å². The highest BCUT2D eigenvalue weighted by Gasteiger charge is 2.15. The second-order valence-electron chi connectivity index (χ2n) is 5.12. The molecule has 0 amide bonds. The highest BCUT2D eigenvalue weighted by atomic mass is 14.9. The molecule has 1 aliphatic rings. The molecule has 90 valence electrons. The first-order valence-electron chi connectivity index (χ1n) is 7.10. The molecule has 0 aromatic heterocycles. The van der Waals surface area contributed by atoms with Crippen LogP contribution in [0.3, 0.4) is 0 Å². The minimum Gasteiger partial charge on any atom is -0.314 e. The van der Waals surface area contributed by atoms with Gasteiger partial charge in [-0.15, -0.1) is 0 Å². The van der Waals surface area contributed by atoms with Crippen LogP contribution in [0, 0.1) is 5.92 Å². The molecule has 1 fully saturated rings. The number of hydrogen-bond acceptors (Lipinski definition) is 1. The molecule has 0 aliphatic heterocycles. The molecule has 1 atom stereocenters. The van der Waals surface area contributed by atoms with Crippen LogP contribution in [-0.2, 0) is 0 Å². The van der Waals surface area contributed by atoms with Gasteiger partial charge in [0.05, 0.1) is 0 Å². The molecule has 15 heavy (non-hydrogen) atoms. The fourth-order valence-corrected chi connectivity index (χ4v) is 2.94. The molecule has 1 heteroatoms. The lowest BCUT2D eigenvalue weighted by Gasteiger charge is -2.18. The van der Waals surface area contributed by atoms with Gasteiger partial charge in [-0.2, -0.15) is 0 Å². The third-order valence-corrected chi connectivity index (χ3v) is 3.77. The van der Waals surface area contributed by atoms with Gasteiger partial charge in [0.1, 0.15) is 0 Å². The average molecular weight is 211 g/mol. The average Bonchev–Trinajstić information content (AvgIpc) is 2.71. The van der Waals surface area contributed by atoms with Gasteiger partial charge in [-0.1, -0.05) is 58.8 Å². The van der Waals surface area contributed by atoms with Crippen LogP contribution in [0.1, 0.15) is 71.6 Å². The SMILES string of the molecule is CCCC(CCCC1CCCC1)NCC. The van der Waals surface area contributed by atoms with Gasteiger partial charge in [0.15, 0.2) is 0 Å². The fraction of sp³-hybridized carbons (Fsp3) is 1.00. The van der Waals surface area contributed by atoms with Gasteiger partial charge in [-0.25, -0.2) is 0 Å². The van der Waals surface area contributed by atoms with E-state index in [1.54, 1.807) is 0 Å². The monoisotopic (exact) mass is 211 g/mol. The highest BCUT2D eigenvalue weighted by Crippen LogP contribution is 2.29. The Hall–Kier alpha value is -0.0400. The predicted octanol–water partition coefficient (Wildman–Crippen LogP) is 4.13. The lowest BCUT2D eigenvalue weighted by atomic mass is 9.97. The van der Waals surface area contributed by atoms with Crippen molar-refractivity contribution < 1.29 is 0 Å². The molecule has 1 aliphatic carbocycles. The summed E-state index contributed by atoms with van der Waals surface area (Å²) in [4.78, 5) is 0. The molecule has 1 nitrogen and oxygen atoms in total. The Morgan fingerprint density at radius 2 is 1.87 bits per heavy atom. The van der Waals surface area contributed by atoms with E-state index in [-0.39, 0.29) is 0 Å². The lowest BCUT2D eigenvalue weighted by molar-refractivity contribution is 0.405. The smallest absolute Gasteiger partial charge is 0.00668 e. The molecule has 1 saturated carbocycles. The molecule has 0 aromatic rings. The first-order valence-corrected chi connectivity index (χ1v) is 7.10. The minimum absolute atomic E-state index is 0.793. The van der Waals surface area contributed by atoms with Crippen LogP contribution in [-0.4, -0.2) is 12.6 Å². The molecule has 0 radical (unpaired) electrons. The zero-order chi connectivity index (χ0) is 10.9. The quantitative estimate of drug-likeness (QED) is 0.636. The van der Waals surface area contributed by atoms with Crippen molar-refractivity contribution in [1.82, 2.24) is 5.32 Å². The van der Waals surface area contributed by atoms with E-state index in [9.17, 15) is 0 Å². The fourth-order valence-electron chi connectivity index (χ4n) is 2.94. The van der Waals surface area contributed by atoms with Crippen LogP contribution in [0.15, 0.2) is 0 Å². The second-order valence-corrected chi connectivity index (χ2v) is 5.12. The van der Waals surface area contributed by atoms with E-state index in [4.69, 9.17) is 0 Å². The van der Waals surface area contributed by atoms with Crippen molar-refractivity contribution in [2.45, 2.75) is 77.7 Å². The van der Waals surface area contributed by atoms with E-state index >= 15 is 0 Å². The molecule has 0 saturated heterocycles. The molecule has 1 rings (SSSR count). The van der Waals surface area contributed by atoms with Crippen molar-refractivity contribution in [2.75, 3.05) is 6.54 Å². The number of hydrogen-bond donors (Lipinski definition) is 1. The Kier molecular flexibility index (Phi) is 7.08. The van der Waals surface area contributed by atoms with Gasteiger partial charge in [0.2, 0.25) is 0 Å². The molecule has 0 aromatic carbocycles. The zero-order valence-electron chi connectivity index (χ0n) is 10.7. The summed E-state index contributed by atoms with van der Waals surface area (Å²) in [5.74, 6) is 1.08. The Bertz CT molecular complexity index is 132. The van der Waals surface area contributed by atoms with Crippen molar-refractivity contribution in [2.24, 2.45) is 5.92 Å². The molecule has 1 N–H and O–H groups in total. The van der Waals surface area contributed by atoms with Gasteiger partial charge in [-0.05, 0) is 25.3 Å². The van der Waals surface area contributed by atoms with E-state index in [0.29, 0.717) is 0 Å². The van der Waals surface area contributed by atoms with Crippen LogP contribution in [0.4, 0.5) is 0 Å². The third-order valence-electron chi connectivity index (χ3n) is 3.77. The van der Waals surface area contributed by atoms with Gasteiger partial charge in [-0.3, -0.25) is 0 Å². The van der Waals surface area contributed by atoms with Crippen LogP contribution < -0.4 is 5.32 Å². The Morgan fingerprint density at radius 1 is 1.13 bits per heavy atom. The predicted molar refractivity (Wildman–Crippen MR) is 68.2 cm³/mol. The van der Waals surface area contributed by atoms with Gasteiger partial charge in [0, 0.05) is 6.04 Å². The molecule has 0 bridgehead atoms. The minimum atomic E-state index is 0.793. The van der Waals surface area contributed by atoms with E-state index in [1.807, 2.05) is 0 Å². The van der Waals surface area contributed by atoms with Gasteiger partial charge >= 0.3 is 0 Å². The summed E-state index contributed by atoms with van der Waals surface area (Å²) in [5.41, 5.74) is 0. The van der Waals surface area contributed by atoms with Crippen LogP contribution in [0.25, 0.3) is 0 Å². The summed E-state index contributed by atoms with van der Waals surface area (Å²) < 4.78 is 0. The van der Waals surface area contributed by atoms with E-state index in [2.05, 4.69) is 19.2 Å². The molecular formula is C14H29N. The topological polar surface area (TPSA) is 12.0 Å². The summed E-state index contributed by atoms with van der Waals surface area (Å²) in [6.45, 7) is 5.65. The maximum absolute atomic E-state index is 3.61. The van der Waals surface area contributed by atoms with Crippen LogP contribution in [0.5, 0.6) is 0 Å². The summed E-state index contributed by atoms with van der Waals surface area (Å²) in [6.07, 6.45) is 13.0. The summed E-state index contributed by atoms with van der Waals surface area (Å²) in [7, 11) is 0. The third kappa shape index (κ3) is 5.55. The van der Waals surface area contributed by atoms with Crippen molar-refractivity contribution >= 4 is 0 Å². The Labute approximate surface area is 96.0 Å². The molecule has 0 spiro atoms. The first-order chi connectivity index (χ1) is 7.36. The second kappa shape index (κ2) is 8.15. The van der Waals surface area contributed by atoms with E-state index in [0.717, 1.165) is 18.5 Å². The molecule has 0 heterocycles. The number of nitrogens with one attached hydrogen (secondary N) is 1. The maximum Gasteiger partial charge on any atom is 0.00668 e. The standard InChI is InChI=1S/C14H29N/c1-3-8-14(15-4-2)12-7-11-13-9-5-6-10-13/h13-15H,3-12H2,1-2H3. The summed E-state index contributed by atoms with van der Waals surface area (Å²) in [6, 6.07) is 0.793. The maximum atomic E-state index is 3.61. The zero-order valence-corrected chi connectivity index (χ0v) is 10.7. The van der Waals surface area contributed by atoms with E-state index < -0.39 is 0 Å². The normalized spacial score (nSPS) is 19.6. The van der Waals surface area contributed by atoms with Crippen molar-refractivity contribution in [3.63, 3.8) is 0 Å². The first kappa shape index (κ1) is 13.0. The molecule has 1 unspecified atom stereocenters. The largest absolute Gasteiger partial charge is 0.314 e. The summed E-state index contributed by atoms with van der Waals surface area (Å²) >= 11 is 0. The highest BCUT2D eigenvalue weighted by molar-refractivity contribution is 4.70. The Balaban J connectivity index is 2.04. The van der Waals surface area contributed by atoms with Crippen molar-refractivity contribution in [3.8, 4) is 0 Å². The number of rotatable bonds is 8. The van der Waals surface area contributed by atoms with Crippen molar-refractivity contribution in [1.29, 1.82) is 0 Å². The summed E-state index contributed by atoms with van der Waals surface area (Å²) in [5, 5.41) is 3.61. The lowest BCUT2D eigenvalue weighted by Crippen LogP contribution is -2.28. The van der Waals surface area contributed by atoms with Crippen molar-refractivity contribution in [3.05, 3.63) is 0 Å². The van der Waals surface area contributed by atoms with Crippen LogP contribution in [0.2, 0.25) is 0 Å². The van der Waals surface area contributed by atoms with Crippen LogP contribution >= 0.6 is 0 Å².